The van der Waals surface area contributed by atoms with Crippen molar-refractivity contribution in [2.24, 2.45) is 0 Å². The first-order valence-electron chi connectivity index (χ1n) is 9.77. The van der Waals surface area contributed by atoms with Crippen LogP contribution in [0.4, 0.5) is 38.2 Å². The minimum atomic E-state index is -5.71. The van der Waals surface area contributed by atoms with Crippen molar-refractivity contribution >= 4 is 23.5 Å². The molecule has 0 saturated heterocycles. The van der Waals surface area contributed by atoms with Crippen LogP contribution in [0.5, 0.6) is 0 Å². The van der Waals surface area contributed by atoms with Gasteiger partial charge in [-0.25, -0.2) is 4.98 Å². The Morgan fingerprint density at radius 3 is 2.07 bits per heavy atom. The van der Waals surface area contributed by atoms with Crippen molar-refractivity contribution in [2.75, 3.05) is 10.6 Å². The van der Waals surface area contributed by atoms with Crippen LogP contribution < -0.4 is 10.6 Å². The quantitative estimate of drug-likeness (QED) is 0.554. The molecular weight excluding hydrogens is 402 g/mol. The van der Waals surface area contributed by atoms with E-state index in [1.165, 1.54) is 5.32 Å². The SMILES string of the molecule is [2H]c1ccc(-c2nc(NC([2H])(C)C(F)(F)F)nc(NC([2H])(C([2H])([2H])[2H])C(F)(F)F)n2)nc1Cl. The molecule has 2 atom stereocenters. The van der Waals surface area contributed by atoms with Gasteiger partial charge in [-0.1, -0.05) is 17.7 Å². The largest absolute Gasteiger partial charge is 0.408 e. The minimum Gasteiger partial charge on any atom is -0.343 e. The van der Waals surface area contributed by atoms with E-state index >= 15 is 0 Å². The maximum Gasteiger partial charge on any atom is 0.408 e. The Bertz CT molecular complexity index is 1020. The normalized spacial score (nSPS) is 20.6. The lowest BCUT2D eigenvalue weighted by molar-refractivity contribution is -0.139. The highest BCUT2D eigenvalue weighted by Crippen LogP contribution is 2.26. The van der Waals surface area contributed by atoms with Gasteiger partial charge in [0.2, 0.25) is 11.9 Å². The van der Waals surface area contributed by atoms with Crippen LogP contribution in [0.25, 0.3) is 11.5 Å². The number of anilines is 2. The molecule has 0 aliphatic heterocycles. The van der Waals surface area contributed by atoms with Crippen molar-refractivity contribution in [3.05, 3.63) is 23.3 Å². The van der Waals surface area contributed by atoms with Crippen LogP contribution in [0.15, 0.2) is 18.2 Å². The molecule has 13 heteroatoms. The summed E-state index contributed by atoms with van der Waals surface area (Å²) >= 11 is 5.70. The van der Waals surface area contributed by atoms with Crippen molar-refractivity contribution in [3.63, 3.8) is 0 Å². The van der Waals surface area contributed by atoms with E-state index in [4.69, 9.17) is 19.8 Å². The van der Waals surface area contributed by atoms with E-state index in [1.807, 2.05) is 0 Å². The molecule has 0 aromatic carbocycles. The van der Waals surface area contributed by atoms with Gasteiger partial charge in [-0.15, -0.1) is 0 Å². The average Bonchev–Trinajstić information content (AvgIpc) is 2.60. The van der Waals surface area contributed by atoms with Crippen LogP contribution in [0.2, 0.25) is 5.15 Å². The zero-order valence-corrected chi connectivity index (χ0v) is 13.8. The van der Waals surface area contributed by atoms with Gasteiger partial charge < -0.3 is 10.6 Å². The van der Waals surface area contributed by atoms with Crippen LogP contribution in [0.3, 0.4) is 0 Å². The maximum absolute atomic E-state index is 13.4. The molecule has 2 unspecified atom stereocenters. The van der Waals surface area contributed by atoms with Crippen LogP contribution in [-0.4, -0.2) is 44.3 Å². The van der Waals surface area contributed by atoms with Gasteiger partial charge in [0.15, 0.2) is 5.82 Å². The van der Waals surface area contributed by atoms with Crippen molar-refractivity contribution in [1.82, 2.24) is 19.9 Å². The number of nitrogens with one attached hydrogen (secondary N) is 2. The molecule has 148 valence electrons. The number of halogens is 7. The van der Waals surface area contributed by atoms with Gasteiger partial charge >= 0.3 is 12.4 Å². The number of alkyl halides is 6. The molecule has 0 spiro atoms. The van der Waals surface area contributed by atoms with Gasteiger partial charge in [0.1, 0.15) is 22.9 Å². The van der Waals surface area contributed by atoms with E-state index in [1.54, 1.807) is 5.32 Å². The summed E-state index contributed by atoms with van der Waals surface area (Å²) in [4.78, 5) is 14.0. The van der Waals surface area contributed by atoms with Crippen LogP contribution in [0, 0.1) is 0 Å². The zero-order chi connectivity index (χ0) is 25.6. The third kappa shape index (κ3) is 5.81. The van der Waals surface area contributed by atoms with Crippen molar-refractivity contribution in [2.45, 2.75) is 38.2 Å². The minimum absolute atomic E-state index is 0.272. The van der Waals surface area contributed by atoms with Gasteiger partial charge in [0, 0.05) is 4.11 Å². The summed E-state index contributed by atoms with van der Waals surface area (Å²) in [5.74, 6) is -3.03. The van der Waals surface area contributed by atoms with Gasteiger partial charge in [0.25, 0.3) is 0 Å². The Balaban J connectivity index is 2.68. The summed E-state index contributed by atoms with van der Waals surface area (Å²) in [6.07, 6.45) is -10.9. The first-order valence-corrected chi connectivity index (χ1v) is 7.15. The Hall–Kier alpha value is -2.37. The molecule has 2 rings (SSSR count). The molecule has 0 radical (unpaired) electrons. The predicted octanol–water partition coefficient (Wildman–Crippen LogP) is 4.31. The van der Waals surface area contributed by atoms with Gasteiger partial charge in [-0.3, -0.25) is 0 Å². The number of aromatic nitrogens is 4. The fourth-order valence-electron chi connectivity index (χ4n) is 1.51. The van der Waals surface area contributed by atoms with Gasteiger partial charge in [-0.05, 0) is 25.9 Å². The number of hydrogen-bond acceptors (Lipinski definition) is 6. The first kappa shape index (κ1) is 13.7. The predicted molar refractivity (Wildman–Crippen MR) is 86.3 cm³/mol. The van der Waals surface area contributed by atoms with E-state index < -0.39 is 54.1 Å². The Morgan fingerprint density at radius 2 is 1.59 bits per heavy atom. The lowest BCUT2D eigenvalue weighted by atomic mass is 10.3. The Kier molecular flexibility index (Phi) is 3.92. The van der Waals surface area contributed by atoms with Gasteiger partial charge in [0.05, 0.1) is 4.11 Å². The molecule has 0 amide bonds. The summed E-state index contributed by atoms with van der Waals surface area (Å²) in [6, 6.07) is -5.92. The highest BCUT2D eigenvalue weighted by molar-refractivity contribution is 6.29. The molecule has 0 bridgehead atoms. The second-order valence-corrected chi connectivity index (χ2v) is 5.18. The van der Waals surface area contributed by atoms with Crippen molar-refractivity contribution in [3.8, 4) is 11.5 Å². The van der Waals surface area contributed by atoms with E-state index in [0.29, 0.717) is 6.92 Å². The molecule has 27 heavy (non-hydrogen) atoms. The highest BCUT2D eigenvalue weighted by atomic mass is 35.5. The smallest absolute Gasteiger partial charge is 0.343 e. The second kappa shape index (κ2) is 7.71. The average molecular weight is 421 g/mol. The molecule has 2 aromatic rings. The van der Waals surface area contributed by atoms with Crippen LogP contribution in [0.1, 0.15) is 22.0 Å². The molecular formula is C14H13ClF6N6. The fourth-order valence-corrected chi connectivity index (χ4v) is 1.67. The number of hydrogen-bond donors (Lipinski definition) is 2. The third-order valence-electron chi connectivity index (χ3n) is 2.77. The van der Waals surface area contributed by atoms with E-state index in [9.17, 15) is 26.3 Å². The summed E-state index contributed by atoms with van der Waals surface area (Å²) in [6.45, 7) is -3.66. The molecule has 0 aliphatic carbocycles. The van der Waals surface area contributed by atoms with Crippen molar-refractivity contribution < 1.29 is 34.6 Å². The number of rotatable bonds is 5. The molecule has 0 aliphatic rings. The second-order valence-electron chi connectivity index (χ2n) is 4.82. The molecule has 2 N–H and O–H groups in total. The summed E-state index contributed by atoms with van der Waals surface area (Å²) in [5, 5.41) is 2.42. The molecule has 2 heterocycles. The van der Waals surface area contributed by atoms with Crippen molar-refractivity contribution in [1.29, 1.82) is 0 Å². The number of pyridine rings is 1. The topological polar surface area (TPSA) is 75.6 Å². The molecule has 2 aromatic heterocycles. The number of nitrogens with zero attached hydrogens (tertiary/aromatic N) is 4. The molecule has 6 nitrogen and oxygen atoms in total. The molecule has 0 fully saturated rings. The van der Waals surface area contributed by atoms with E-state index in [-0.39, 0.29) is 11.7 Å². The maximum atomic E-state index is 13.4. The lowest BCUT2D eigenvalue weighted by Crippen LogP contribution is -2.35. The summed E-state index contributed by atoms with van der Waals surface area (Å²) < 4.78 is 123. The Morgan fingerprint density at radius 1 is 1.04 bits per heavy atom. The van der Waals surface area contributed by atoms with Gasteiger partial charge in [-0.2, -0.15) is 41.3 Å². The molecule has 0 saturated carbocycles. The Labute approximate surface area is 162 Å². The van der Waals surface area contributed by atoms with E-state index in [2.05, 4.69) is 19.9 Å². The summed E-state index contributed by atoms with van der Waals surface area (Å²) in [5.41, 5.74) is -0.334. The first-order chi connectivity index (χ1) is 14.7. The highest BCUT2D eigenvalue weighted by Gasteiger charge is 2.38. The van der Waals surface area contributed by atoms with Crippen LogP contribution in [-0.2, 0) is 0 Å². The summed E-state index contributed by atoms with van der Waals surface area (Å²) in [7, 11) is 0. The standard InChI is InChI=1S/C14H13ClF6N6/c1-6(13(16,17)18)22-11-25-10(8-4-3-5-9(15)24-8)26-12(27-11)23-7(2)14(19,20)21/h3-7H,1-2H3,(H2,22,23,25,26,27)/i1D3,5D,6D,7D. The third-order valence-corrected chi connectivity index (χ3v) is 2.97. The van der Waals surface area contributed by atoms with Crippen LogP contribution >= 0.6 is 11.6 Å². The van der Waals surface area contributed by atoms with E-state index in [0.717, 1.165) is 12.1 Å². The zero-order valence-electron chi connectivity index (χ0n) is 19.1. The monoisotopic (exact) mass is 420 g/mol. The lowest BCUT2D eigenvalue weighted by Gasteiger charge is -2.20. The fraction of sp³-hybridized carbons (Fsp3) is 0.429.